The lowest BCUT2D eigenvalue weighted by atomic mass is 10.0. The minimum Gasteiger partial charge on any atom is -0.351 e. The monoisotopic (exact) mass is 343 g/mol. The fraction of sp³-hybridized carbons (Fsp3) is 0.222. The van der Waals surface area contributed by atoms with Crippen molar-refractivity contribution in [3.05, 3.63) is 65.7 Å². The zero-order chi connectivity index (χ0) is 17.5. The predicted octanol–water partition coefficient (Wildman–Crippen LogP) is 2.78. The van der Waals surface area contributed by atoms with Crippen LogP contribution in [0, 0.1) is 0 Å². The lowest BCUT2D eigenvalue weighted by Gasteiger charge is -2.27. The molecule has 0 radical (unpaired) electrons. The van der Waals surface area contributed by atoms with Crippen LogP contribution in [0.25, 0.3) is 0 Å². The SMILES string of the molecule is CSc1ccc(CN(C)[C@@H](C(=O)NC(N)=O)c2ccccc2)cc1. The molecule has 0 saturated carbocycles. The van der Waals surface area contributed by atoms with Crippen molar-refractivity contribution < 1.29 is 9.59 Å². The number of likely N-dealkylation sites (N-methyl/N-ethyl adjacent to an activating group) is 1. The van der Waals surface area contributed by atoms with Crippen LogP contribution in [0.2, 0.25) is 0 Å². The summed E-state index contributed by atoms with van der Waals surface area (Å²) >= 11 is 1.68. The molecule has 0 aliphatic heterocycles. The Morgan fingerprint density at radius 3 is 2.29 bits per heavy atom. The molecule has 2 aromatic rings. The van der Waals surface area contributed by atoms with E-state index >= 15 is 0 Å². The molecule has 0 aliphatic rings. The number of rotatable bonds is 6. The summed E-state index contributed by atoms with van der Waals surface area (Å²) in [6.07, 6.45) is 2.03. The van der Waals surface area contributed by atoms with Gasteiger partial charge in [-0.25, -0.2) is 4.79 Å². The van der Waals surface area contributed by atoms with Gasteiger partial charge >= 0.3 is 6.03 Å². The van der Waals surface area contributed by atoms with Crippen molar-refractivity contribution in [3.8, 4) is 0 Å². The maximum absolute atomic E-state index is 12.4. The number of urea groups is 1. The van der Waals surface area contributed by atoms with Crippen LogP contribution in [0.15, 0.2) is 59.5 Å². The predicted molar refractivity (Wildman–Crippen MR) is 96.6 cm³/mol. The van der Waals surface area contributed by atoms with Crippen LogP contribution in [0.3, 0.4) is 0 Å². The molecule has 0 saturated heterocycles. The maximum Gasteiger partial charge on any atom is 0.318 e. The van der Waals surface area contributed by atoms with Gasteiger partial charge in [0.25, 0.3) is 0 Å². The summed E-state index contributed by atoms with van der Waals surface area (Å²) < 4.78 is 0. The van der Waals surface area contributed by atoms with E-state index in [2.05, 4.69) is 17.4 Å². The van der Waals surface area contributed by atoms with Crippen molar-refractivity contribution in [2.75, 3.05) is 13.3 Å². The molecule has 0 fully saturated rings. The normalized spacial score (nSPS) is 12.0. The molecule has 2 rings (SSSR count). The number of nitrogens with two attached hydrogens (primary N) is 1. The molecule has 126 valence electrons. The third-order valence-electron chi connectivity index (χ3n) is 3.64. The average molecular weight is 343 g/mol. The molecule has 2 aromatic carbocycles. The highest BCUT2D eigenvalue weighted by molar-refractivity contribution is 7.98. The molecule has 0 unspecified atom stereocenters. The van der Waals surface area contributed by atoms with E-state index in [0.29, 0.717) is 6.54 Å². The van der Waals surface area contributed by atoms with Crippen molar-refractivity contribution in [2.24, 2.45) is 5.73 Å². The molecule has 3 N–H and O–H groups in total. The Labute approximate surface area is 146 Å². The van der Waals surface area contributed by atoms with Crippen molar-refractivity contribution >= 4 is 23.7 Å². The highest BCUT2D eigenvalue weighted by Gasteiger charge is 2.26. The highest BCUT2D eigenvalue weighted by Crippen LogP contribution is 2.22. The first-order valence-corrected chi connectivity index (χ1v) is 8.72. The minimum atomic E-state index is -0.848. The third kappa shape index (κ3) is 4.84. The van der Waals surface area contributed by atoms with Gasteiger partial charge < -0.3 is 5.73 Å². The summed E-state index contributed by atoms with van der Waals surface area (Å²) in [5, 5.41) is 2.18. The van der Waals surface area contributed by atoms with E-state index in [4.69, 9.17) is 5.73 Å². The number of hydrogen-bond donors (Lipinski definition) is 2. The number of primary amides is 1. The van der Waals surface area contributed by atoms with Gasteiger partial charge in [-0.2, -0.15) is 0 Å². The number of thioether (sulfide) groups is 1. The molecule has 5 nitrogen and oxygen atoms in total. The summed E-state index contributed by atoms with van der Waals surface area (Å²) in [6.45, 7) is 0.570. The van der Waals surface area contributed by atoms with E-state index < -0.39 is 18.0 Å². The average Bonchev–Trinajstić information content (AvgIpc) is 2.56. The van der Waals surface area contributed by atoms with Crippen LogP contribution in [0.5, 0.6) is 0 Å². The summed E-state index contributed by atoms with van der Waals surface area (Å²) in [4.78, 5) is 26.6. The first-order valence-electron chi connectivity index (χ1n) is 7.49. The van der Waals surface area contributed by atoms with Crippen LogP contribution >= 0.6 is 11.8 Å². The lowest BCUT2D eigenvalue weighted by Crippen LogP contribution is -2.43. The molecule has 0 aliphatic carbocycles. The van der Waals surface area contributed by atoms with E-state index in [1.54, 1.807) is 11.8 Å². The van der Waals surface area contributed by atoms with E-state index in [9.17, 15) is 9.59 Å². The van der Waals surface area contributed by atoms with Crippen LogP contribution in [-0.4, -0.2) is 30.1 Å². The zero-order valence-electron chi connectivity index (χ0n) is 13.7. The Balaban J connectivity index is 2.21. The molecule has 6 heteroatoms. The molecule has 0 spiro atoms. The first kappa shape index (κ1) is 18.0. The van der Waals surface area contributed by atoms with Gasteiger partial charge in [0.05, 0.1) is 0 Å². The van der Waals surface area contributed by atoms with Gasteiger partial charge in [-0.1, -0.05) is 42.5 Å². The van der Waals surface area contributed by atoms with Crippen molar-refractivity contribution in [3.63, 3.8) is 0 Å². The number of nitrogens with zero attached hydrogens (tertiary/aromatic N) is 1. The number of nitrogens with one attached hydrogen (secondary N) is 1. The van der Waals surface area contributed by atoms with Gasteiger partial charge in [0, 0.05) is 11.4 Å². The Morgan fingerprint density at radius 1 is 1.12 bits per heavy atom. The second kappa shape index (κ2) is 8.52. The Hall–Kier alpha value is -2.31. The third-order valence-corrected chi connectivity index (χ3v) is 4.39. The summed E-state index contributed by atoms with van der Waals surface area (Å²) in [5.74, 6) is -0.433. The van der Waals surface area contributed by atoms with Crippen LogP contribution in [0.1, 0.15) is 17.2 Å². The molecule has 24 heavy (non-hydrogen) atoms. The van der Waals surface area contributed by atoms with Crippen LogP contribution in [0.4, 0.5) is 4.79 Å². The van der Waals surface area contributed by atoms with Crippen molar-refractivity contribution in [1.82, 2.24) is 10.2 Å². The number of amides is 3. The Kier molecular flexibility index (Phi) is 6.40. The standard InChI is InChI=1S/C18H21N3O2S/c1-21(12-13-8-10-15(24-2)11-9-13)16(17(22)20-18(19)23)14-6-4-3-5-7-14/h3-11,16H,12H2,1-2H3,(H3,19,20,22,23)/t16-/m1/s1. The van der Waals surface area contributed by atoms with E-state index in [-0.39, 0.29) is 0 Å². The number of carbonyl (C=O) groups excluding carboxylic acids is 2. The number of hydrogen-bond acceptors (Lipinski definition) is 4. The highest BCUT2D eigenvalue weighted by atomic mass is 32.2. The zero-order valence-corrected chi connectivity index (χ0v) is 14.5. The van der Waals surface area contributed by atoms with Gasteiger partial charge in [-0.15, -0.1) is 11.8 Å². The molecule has 0 heterocycles. The fourth-order valence-electron chi connectivity index (χ4n) is 2.54. The number of carbonyl (C=O) groups is 2. The minimum absolute atomic E-state index is 0.433. The summed E-state index contributed by atoms with van der Waals surface area (Å²) in [5.41, 5.74) is 6.99. The molecule has 0 bridgehead atoms. The van der Waals surface area contributed by atoms with Crippen molar-refractivity contribution in [1.29, 1.82) is 0 Å². The van der Waals surface area contributed by atoms with Gasteiger partial charge in [-0.05, 0) is 36.6 Å². The Morgan fingerprint density at radius 2 is 1.75 bits per heavy atom. The van der Waals surface area contributed by atoms with E-state index in [1.807, 2.05) is 60.7 Å². The number of imide groups is 1. The van der Waals surface area contributed by atoms with E-state index in [1.165, 1.54) is 4.90 Å². The van der Waals surface area contributed by atoms with Gasteiger partial charge in [0.1, 0.15) is 6.04 Å². The quantitative estimate of drug-likeness (QED) is 0.791. The second-order valence-electron chi connectivity index (χ2n) is 5.43. The maximum atomic E-state index is 12.4. The molecule has 0 aromatic heterocycles. The fourth-order valence-corrected chi connectivity index (χ4v) is 2.95. The van der Waals surface area contributed by atoms with Gasteiger partial charge in [-0.3, -0.25) is 15.0 Å². The Bertz CT molecular complexity index is 689. The summed E-state index contributed by atoms with van der Waals surface area (Å²) in [6, 6.07) is 16.1. The molecule has 3 amide bonds. The molecule has 1 atom stereocenters. The largest absolute Gasteiger partial charge is 0.351 e. The van der Waals surface area contributed by atoms with Gasteiger partial charge in [0.15, 0.2) is 0 Å². The topological polar surface area (TPSA) is 75.4 Å². The molecular formula is C18H21N3O2S. The first-order chi connectivity index (χ1) is 11.5. The molecular weight excluding hydrogens is 322 g/mol. The van der Waals surface area contributed by atoms with E-state index in [0.717, 1.165) is 11.1 Å². The summed E-state index contributed by atoms with van der Waals surface area (Å²) in [7, 11) is 1.85. The van der Waals surface area contributed by atoms with Crippen LogP contribution in [-0.2, 0) is 11.3 Å². The van der Waals surface area contributed by atoms with Gasteiger partial charge in [0.2, 0.25) is 5.91 Å². The lowest BCUT2D eigenvalue weighted by molar-refractivity contribution is -0.125. The number of benzene rings is 2. The smallest absolute Gasteiger partial charge is 0.318 e. The van der Waals surface area contributed by atoms with Crippen LogP contribution < -0.4 is 11.1 Å². The van der Waals surface area contributed by atoms with Crippen molar-refractivity contribution in [2.45, 2.75) is 17.5 Å². The second-order valence-corrected chi connectivity index (χ2v) is 6.31.